The van der Waals surface area contributed by atoms with Crippen LogP contribution in [0.25, 0.3) is 0 Å². The van der Waals surface area contributed by atoms with Gasteiger partial charge in [-0.15, -0.1) is 6.58 Å². The Morgan fingerprint density at radius 3 is 2.33 bits per heavy atom. The summed E-state index contributed by atoms with van der Waals surface area (Å²) in [7, 11) is 1.86. The smallest absolute Gasteiger partial charge is 0.200 e. The summed E-state index contributed by atoms with van der Waals surface area (Å²) in [5.41, 5.74) is 6.71. The van der Waals surface area contributed by atoms with Crippen LogP contribution in [0.4, 0.5) is 0 Å². The van der Waals surface area contributed by atoms with Crippen molar-refractivity contribution in [1.82, 2.24) is 9.80 Å². The van der Waals surface area contributed by atoms with Crippen LogP contribution in [0.3, 0.4) is 0 Å². The van der Waals surface area contributed by atoms with Gasteiger partial charge in [0.1, 0.15) is 0 Å². The number of hydrogen-bond donors (Lipinski definition) is 3. The molecule has 18 heavy (non-hydrogen) atoms. The first-order valence-corrected chi connectivity index (χ1v) is 6.38. The minimum Gasteiger partial charge on any atom is -0.370 e. The highest BCUT2D eigenvalue weighted by Crippen LogP contribution is 2.07. The fraction of sp³-hybridized carbons (Fsp3) is 0.692. The van der Waals surface area contributed by atoms with Crippen LogP contribution < -0.4 is 5.73 Å². The topological polar surface area (TPSA) is 80.2 Å². The average molecular weight is 253 g/mol. The van der Waals surface area contributed by atoms with E-state index in [9.17, 15) is 0 Å². The van der Waals surface area contributed by atoms with E-state index in [1.54, 1.807) is 4.90 Å². The first kappa shape index (κ1) is 16.5. The Hall–Kier alpha value is -1.52. The molecule has 0 fully saturated rings. The lowest BCUT2D eigenvalue weighted by Crippen LogP contribution is -2.52. The van der Waals surface area contributed by atoms with Gasteiger partial charge in [0.05, 0.1) is 0 Å². The average Bonchev–Trinajstić information content (AvgIpc) is 2.27. The molecule has 0 saturated heterocycles. The zero-order chi connectivity index (χ0) is 14.3. The molecule has 0 aromatic carbocycles. The van der Waals surface area contributed by atoms with Crippen LogP contribution in [-0.4, -0.2) is 41.4 Å². The lowest BCUT2D eigenvalue weighted by Gasteiger charge is -2.33. The van der Waals surface area contributed by atoms with E-state index in [1.807, 2.05) is 32.7 Å². The maximum Gasteiger partial charge on any atom is 0.200 e. The summed E-state index contributed by atoms with van der Waals surface area (Å²) in [4.78, 5) is 3.39. The molecule has 5 heteroatoms. The largest absolute Gasteiger partial charge is 0.370 e. The highest BCUT2D eigenvalue weighted by Gasteiger charge is 2.21. The highest BCUT2D eigenvalue weighted by atomic mass is 15.4. The summed E-state index contributed by atoms with van der Waals surface area (Å²) in [5.74, 6) is 0.222. The quantitative estimate of drug-likeness (QED) is 0.386. The molecule has 0 spiro atoms. The molecule has 0 aliphatic rings. The van der Waals surface area contributed by atoms with Gasteiger partial charge in [-0.2, -0.15) is 0 Å². The fourth-order valence-corrected chi connectivity index (χ4v) is 1.65. The van der Waals surface area contributed by atoms with Gasteiger partial charge in [0, 0.05) is 19.6 Å². The van der Waals surface area contributed by atoms with Gasteiger partial charge in [-0.25, -0.2) is 0 Å². The van der Waals surface area contributed by atoms with Gasteiger partial charge in [-0.3, -0.25) is 15.7 Å². The van der Waals surface area contributed by atoms with E-state index in [4.69, 9.17) is 16.6 Å². The van der Waals surface area contributed by atoms with Gasteiger partial charge in [0.25, 0.3) is 0 Å². The number of guanidine groups is 2. The maximum atomic E-state index is 8.11. The fourth-order valence-electron chi connectivity index (χ4n) is 1.65. The molecule has 0 bridgehead atoms. The Morgan fingerprint density at radius 2 is 1.94 bits per heavy atom. The summed E-state index contributed by atoms with van der Waals surface area (Å²) in [6.07, 6.45) is 2.77. The van der Waals surface area contributed by atoms with Gasteiger partial charge in [-0.1, -0.05) is 12.5 Å². The Labute approximate surface area is 111 Å². The maximum absolute atomic E-state index is 8.11. The second-order valence-electron chi connectivity index (χ2n) is 4.82. The van der Waals surface area contributed by atoms with Crippen LogP contribution in [0.5, 0.6) is 0 Å². The Balaban J connectivity index is 4.48. The van der Waals surface area contributed by atoms with Crippen molar-refractivity contribution >= 4 is 11.9 Å². The van der Waals surface area contributed by atoms with E-state index >= 15 is 0 Å². The minimum absolute atomic E-state index is 0.0681. The zero-order valence-corrected chi connectivity index (χ0v) is 12.1. The summed E-state index contributed by atoms with van der Waals surface area (Å²) in [6, 6.07) is 0.0681. The van der Waals surface area contributed by atoms with E-state index in [-0.39, 0.29) is 12.0 Å². The van der Waals surface area contributed by atoms with Gasteiger partial charge >= 0.3 is 0 Å². The Bertz CT molecular complexity index is 311. The predicted octanol–water partition coefficient (Wildman–Crippen LogP) is 2.20. The van der Waals surface area contributed by atoms with Crippen LogP contribution in [0.2, 0.25) is 0 Å². The summed E-state index contributed by atoms with van der Waals surface area (Å²) >= 11 is 0. The highest BCUT2D eigenvalue weighted by molar-refractivity contribution is 5.95. The van der Waals surface area contributed by atoms with E-state index in [0.717, 1.165) is 31.4 Å². The molecule has 4 N–H and O–H groups in total. The third-order valence-corrected chi connectivity index (χ3v) is 2.98. The van der Waals surface area contributed by atoms with Crippen molar-refractivity contribution in [3.8, 4) is 0 Å². The number of allylic oxidation sites excluding steroid dienone is 1. The molecular formula is C13H27N5. The molecular weight excluding hydrogens is 226 g/mol. The number of nitrogens with two attached hydrogens (primary N) is 1. The van der Waals surface area contributed by atoms with Crippen molar-refractivity contribution in [2.45, 2.75) is 46.1 Å². The van der Waals surface area contributed by atoms with E-state index in [2.05, 4.69) is 6.58 Å². The molecule has 0 aromatic heterocycles. The monoisotopic (exact) mass is 253 g/mol. The summed E-state index contributed by atoms with van der Waals surface area (Å²) in [5, 5.41) is 15.7. The normalized spacial score (nSPS) is 11.8. The predicted molar refractivity (Wildman–Crippen MR) is 77.9 cm³/mol. The van der Waals surface area contributed by atoms with Gasteiger partial charge in [-0.05, 0) is 33.1 Å². The van der Waals surface area contributed by atoms with Crippen LogP contribution in [0, 0.1) is 10.8 Å². The summed E-state index contributed by atoms with van der Waals surface area (Å²) in [6.45, 7) is 10.6. The second kappa shape index (κ2) is 7.74. The van der Waals surface area contributed by atoms with Crippen molar-refractivity contribution in [3.05, 3.63) is 12.2 Å². The molecule has 0 aliphatic carbocycles. The minimum atomic E-state index is -0.0684. The van der Waals surface area contributed by atoms with E-state index < -0.39 is 0 Å². The Kier molecular flexibility index (Phi) is 7.08. The zero-order valence-electron chi connectivity index (χ0n) is 12.1. The van der Waals surface area contributed by atoms with Crippen LogP contribution in [0.15, 0.2) is 12.2 Å². The van der Waals surface area contributed by atoms with E-state index in [1.165, 1.54) is 0 Å². The number of nitrogens with zero attached hydrogens (tertiary/aromatic N) is 2. The molecule has 104 valence electrons. The van der Waals surface area contributed by atoms with Gasteiger partial charge < -0.3 is 10.6 Å². The molecule has 1 atom stereocenters. The lowest BCUT2D eigenvalue weighted by molar-refractivity contribution is 0.363. The first-order chi connectivity index (χ1) is 8.31. The standard InChI is InChI=1S/C13H27N5/c1-6-11(4)18(12(14)15)13(16)17(5)9-7-8-10(2)3/h11,16H,2,6-9H2,1,3-5H3,(H3,14,15). The summed E-state index contributed by atoms with van der Waals surface area (Å²) < 4.78 is 0. The van der Waals surface area contributed by atoms with Crippen molar-refractivity contribution < 1.29 is 0 Å². The van der Waals surface area contributed by atoms with Gasteiger partial charge in [0.15, 0.2) is 5.96 Å². The van der Waals surface area contributed by atoms with Crippen LogP contribution >= 0.6 is 0 Å². The Morgan fingerprint density at radius 1 is 1.39 bits per heavy atom. The van der Waals surface area contributed by atoms with Crippen molar-refractivity contribution in [3.63, 3.8) is 0 Å². The molecule has 0 heterocycles. The second-order valence-corrected chi connectivity index (χ2v) is 4.82. The van der Waals surface area contributed by atoms with Crippen LogP contribution in [-0.2, 0) is 0 Å². The number of nitrogens with one attached hydrogen (secondary N) is 2. The van der Waals surface area contributed by atoms with Gasteiger partial charge in [0.2, 0.25) is 5.96 Å². The van der Waals surface area contributed by atoms with Crippen molar-refractivity contribution in [1.29, 1.82) is 10.8 Å². The molecule has 0 saturated carbocycles. The molecule has 0 aliphatic heterocycles. The lowest BCUT2D eigenvalue weighted by atomic mass is 10.2. The number of rotatable bonds is 6. The molecule has 5 nitrogen and oxygen atoms in total. The third-order valence-electron chi connectivity index (χ3n) is 2.98. The van der Waals surface area contributed by atoms with Crippen molar-refractivity contribution in [2.24, 2.45) is 5.73 Å². The van der Waals surface area contributed by atoms with Crippen LogP contribution in [0.1, 0.15) is 40.0 Å². The molecule has 0 rings (SSSR count). The van der Waals surface area contributed by atoms with E-state index in [0.29, 0.717) is 5.96 Å². The first-order valence-electron chi connectivity index (χ1n) is 6.38. The third kappa shape index (κ3) is 5.21. The SMILES string of the molecule is C=C(C)CCCN(C)C(=N)N(C(=N)N)C(C)CC. The molecule has 0 radical (unpaired) electrons. The molecule has 1 unspecified atom stereocenters. The molecule has 0 aromatic rings. The number of hydrogen-bond acceptors (Lipinski definition) is 2. The molecule has 0 amide bonds. The van der Waals surface area contributed by atoms with Crippen molar-refractivity contribution in [2.75, 3.05) is 13.6 Å².